The highest BCUT2D eigenvalue weighted by molar-refractivity contribution is 6.01. The summed E-state index contributed by atoms with van der Waals surface area (Å²) in [6, 6.07) is 19.0. The molecule has 4 aromatic rings. The normalized spacial score (nSPS) is 17.6. The lowest BCUT2D eigenvalue weighted by Crippen LogP contribution is -2.45. The second-order valence-electron chi connectivity index (χ2n) is 10.8. The van der Waals surface area contributed by atoms with Crippen molar-refractivity contribution in [3.8, 4) is 11.1 Å². The van der Waals surface area contributed by atoms with Gasteiger partial charge in [0.25, 0.3) is 5.91 Å². The average molecular weight is 496 g/mol. The lowest BCUT2D eigenvalue weighted by atomic mass is 9.93. The summed E-state index contributed by atoms with van der Waals surface area (Å²) in [5.41, 5.74) is 9.11. The van der Waals surface area contributed by atoms with Gasteiger partial charge in [-0.25, -0.2) is 4.98 Å². The smallest absolute Gasteiger partial charge is 0.255 e. The monoisotopic (exact) mass is 495 g/mol. The van der Waals surface area contributed by atoms with E-state index in [1.54, 1.807) is 7.11 Å². The van der Waals surface area contributed by atoms with Crippen LogP contribution in [0.25, 0.3) is 22.2 Å². The number of carbonyl (C=O) groups excluding carboxylic acids is 1. The maximum atomic E-state index is 14.4. The van der Waals surface area contributed by atoms with E-state index in [0.717, 1.165) is 52.0 Å². The van der Waals surface area contributed by atoms with Crippen LogP contribution in [-0.4, -0.2) is 40.6 Å². The number of likely N-dealkylation sites (tertiary alicyclic amines) is 1. The molecule has 1 saturated heterocycles. The zero-order valence-corrected chi connectivity index (χ0v) is 22.9. The third-order valence-electron chi connectivity index (χ3n) is 8.02. The fraction of sp³-hybridized carbons (Fsp3) is 0.375. The molecule has 1 atom stereocenters. The van der Waals surface area contributed by atoms with Crippen LogP contribution in [0.2, 0.25) is 0 Å². The van der Waals surface area contributed by atoms with E-state index in [0.29, 0.717) is 19.7 Å². The molecule has 1 aromatic heterocycles. The molecular formula is C32H37N3O2. The van der Waals surface area contributed by atoms with Gasteiger partial charge in [-0.1, -0.05) is 47.5 Å². The second kappa shape index (κ2) is 9.79. The van der Waals surface area contributed by atoms with E-state index in [4.69, 9.17) is 9.72 Å². The molecule has 0 N–H and O–H groups in total. The molecule has 1 unspecified atom stereocenters. The molecule has 0 radical (unpaired) electrons. The van der Waals surface area contributed by atoms with Crippen molar-refractivity contribution in [2.45, 2.75) is 59.5 Å². The number of aromatic nitrogens is 2. The molecule has 0 saturated carbocycles. The van der Waals surface area contributed by atoms with Gasteiger partial charge in [0.2, 0.25) is 0 Å². The Balaban J connectivity index is 1.62. The Morgan fingerprint density at radius 3 is 2.41 bits per heavy atom. The molecule has 0 spiro atoms. The number of ether oxygens (including phenoxy) is 1. The SMILES string of the molecule is COCCn1c(C2(C)CCCN2C(=O)c2cc(C)ccc2-c2ccc(C)cc2)nc2cc(C)c(C)cc21. The van der Waals surface area contributed by atoms with Crippen LogP contribution in [0.3, 0.4) is 0 Å². The van der Waals surface area contributed by atoms with E-state index < -0.39 is 5.54 Å². The first-order valence-electron chi connectivity index (χ1n) is 13.2. The van der Waals surface area contributed by atoms with E-state index in [1.807, 2.05) is 13.0 Å². The van der Waals surface area contributed by atoms with Crippen LogP contribution in [-0.2, 0) is 16.8 Å². The molecule has 0 bridgehead atoms. The number of imidazole rings is 1. The number of methoxy groups -OCH3 is 1. The quantitative estimate of drug-likeness (QED) is 0.298. The van der Waals surface area contributed by atoms with E-state index in [1.165, 1.54) is 16.7 Å². The number of hydrogen-bond donors (Lipinski definition) is 0. The fourth-order valence-corrected chi connectivity index (χ4v) is 5.69. The summed E-state index contributed by atoms with van der Waals surface area (Å²) in [6.45, 7) is 12.6. The van der Waals surface area contributed by atoms with E-state index in [-0.39, 0.29) is 5.91 Å². The zero-order chi connectivity index (χ0) is 26.3. The van der Waals surface area contributed by atoms with Crippen molar-refractivity contribution in [3.63, 3.8) is 0 Å². The van der Waals surface area contributed by atoms with Crippen molar-refractivity contribution in [3.05, 3.63) is 88.2 Å². The van der Waals surface area contributed by atoms with Crippen LogP contribution in [0.4, 0.5) is 0 Å². The van der Waals surface area contributed by atoms with Gasteiger partial charge in [0.05, 0.1) is 23.2 Å². The van der Waals surface area contributed by atoms with Crippen molar-refractivity contribution in [2.75, 3.05) is 20.3 Å². The maximum absolute atomic E-state index is 14.4. The highest BCUT2D eigenvalue weighted by Gasteiger charge is 2.45. The Morgan fingerprint density at radius 2 is 1.68 bits per heavy atom. The highest BCUT2D eigenvalue weighted by Crippen LogP contribution is 2.41. The Kier molecular flexibility index (Phi) is 6.67. The minimum atomic E-state index is -0.514. The van der Waals surface area contributed by atoms with E-state index in [2.05, 4.69) is 85.7 Å². The van der Waals surface area contributed by atoms with Gasteiger partial charge in [0, 0.05) is 25.8 Å². The Hall–Kier alpha value is -3.44. The van der Waals surface area contributed by atoms with Gasteiger partial charge in [-0.05, 0) is 87.9 Å². The summed E-state index contributed by atoms with van der Waals surface area (Å²) in [4.78, 5) is 21.6. The summed E-state index contributed by atoms with van der Waals surface area (Å²) in [5.74, 6) is 1.01. The number of nitrogens with zero attached hydrogens (tertiary/aromatic N) is 3. The predicted molar refractivity (Wildman–Crippen MR) is 150 cm³/mol. The minimum Gasteiger partial charge on any atom is -0.383 e. The van der Waals surface area contributed by atoms with Crippen molar-refractivity contribution in [2.24, 2.45) is 0 Å². The van der Waals surface area contributed by atoms with Crippen molar-refractivity contribution >= 4 is 16.9 Å². The van der Waals surface area contributed by atoms with Crippen LogP contribution >= 0.6 is 0 Å². The van der Waals surface area contributed by atoms with Crippen molar-refractivity contribution in [1.82, 2.24) is 14.5 Å². The number of carbonyl (C=O) groups is 1. The highest BCUT2D eigenvalue weighted by atomic mass is 16.5. The standard InChI is InChI=1S/C32H37N3O2/c1-21-8-11-25(12-9-21)26-13-10-22(2)18-27(26)30(36)35-15-7-14-32(35,5)31-33-28-19-23(3)24(4)20-29(28)34(31)16-17-37-6/h8-13,18-20H,7,14-17H2,1-6H3. The van der Waals surface area contributed by atoms with Crippen LogP contribution in [0.1, 0.15) is 58.2 Å². The number of hydrogen-bond acceptors (Lipinski definition) is 3. The first kappa shape index (κ1) is 25.2. The van der Waals surface area contributed by atoms with E-state index >= 15 is 0 Å². The van der Waals surface area contributed by atoms with Gasteiger partial charge < -0.3 is 14.2 Å². The summed E-state index contributed by atoms with van der Waals surface area (Å²) in [7, 11) is 1.73. The van der Waals surface area contributed by atoms with Crippen LogP contribution in [0.15, 0.2) is 54.6 Å². The summed E-state index contributed by atoms with van der Waals surface area (Å²) in [6.07, 6.45) is 1.82. The first-order chi connectivity index (χ1) is 17.7. The number of rotatable bonds is 6. The molecule has 5 nitrogen and oxygen atoms in total. The molecule has 37 heavy (non-hydrogen) atoms. The van der Waals surface area contributed by atoms with Gasteiger partial charge in [0.1, 0.15) is 5.82 Å². The van der Waals surface area contributed by atoms with Crippen LogP contribution in [0.5, 0.6) is 0 Å². The largest absolute Gasteiger partial charge is 0.383 e. The molecular weight excluding hydrogens is 458 g/mol. The Morgan fingerprint density at radius 1 is 0.973 bits per heavy atom. The molecule has 1 amide bonds. The molecule has 3 aromatic carbocycles. The van der Waals surface area contributed by atoms with Gasteiger partial charge in [0.15, 0.2) is 0 Å². The summed E-state index contributed by atoms with van der Waals surface area (Å²) in [5, 5.41) is 0. The minimum absolute atomic E-state index is 0.0667. The average Bonchev–Trinajstić information content (AvgIpc) is 3.44. The van der Waals surface area contributed by atoms with E-state index in [9.17, 15) is 4.79 Å². The number of aryl methyl sites for hydroxylation is 4. The third-order valence-corrected chi connectivity index (χ3v) is 8.02. The summed E-state index contributed by atoms with van der Waals surface area (Å²) >= 11 is 0. The first-order valence-corrected chi connectivity index (χ1v) is 13.2. The van der Waals surface area contributed by atoms with Gasteiger partial charge >= 0.3 is 0 Å². The van der Waals surface area contributed by atoms with Crippen molar-refractivity contribution < 1.29 is 9.53 Å². The topological polar surface area (TPSA) is 47.4 Å². The summed E-state index contributed by atoms with van der Waals surface area (Å²) < 4.78 is 7.74. The third kappa shape index (κ3) is 4.46. The molecule has 1 aliphatic heterocycles. The van der Waals surface area contributed by atoms with Crippen LogP contribution < -0.4 is 0 Å². The lowest BCUT2D eigenvalue weighted by Gasteiger charge is -2.35. The number of benzene rings is 3. The molecule has 1 fully saturated rings. The zero-order valence-electron chi connectivity index (χ0n) is 22.9. The van der Waals surface area contributed by atoms with Gasteiger partial charge in [-0.15, -0.1) is 0 Å². The second-order valence-corrected chi connectivity index (χ2v) is 10.8. The fourth-order valence-electron chi connectivity index (χ4n) is 5.69. The van der Waals surface area contributed by atoms with Crippen molar-refractivity contribution in [1.29, 1.82) is 0 Å². The Bertz CT molecular complexity index is 1470. The lowest BCUT2D eigenvalue weighted by molar-refractivity contribution is 0.0596. The predicted octanol–water partition coefficient (Wildman–Crippen LogP) is 6.73. The maximum Gasteiger partial charge on any atom is 0.255 e. The molecule has 5 rings (SSSR count). The molecule has 192 valence electrons. The Labute approximate surface area is 220 Å². The molecule has 0 aliphatic carbocycles. The van der Waals surface area contributed by atoms with Gasteiger partial charge in [-0.3, -0.25) is 4.79 Å². The van der Waals surface area contributed by atoms with Gasteiger partial charge in [-0.2, -0.15) is 0 Å². The molecule has 1 aliphatic rings. The van der Waals surface area contributed by atoms with Crippen LogP contribution in [0, 0.1) is 27.7 Å². The number of amides is 1. The molecule has 2 heterocycles. The number of fused-ring (bicyclic) bond motifs is 1. The molecule has 5 heteroatoms.